The average molecular weight is 283 g/mol. The Morgan fingerprint density at radius 3 is 2.16 bits per heavy atom. The van der Waals surface area contributed by atoms with Crippen molar-refractivity contribution in [2.24, 2.45) is 0 Å². The predicted octanol–water partition coefficient (Wildman–Crippen LogP) is 1.19. The van der Waals surface area contributed by atoms with Gasteiger partial charge in [-0.1, -0.05) is 6.92 Å². The summed E-state index contributed by atoms with van der Waals surface area (Å²) in [5.41, 5.74) is 0.322. The summed E-state index contributed by atoms with van der Waals surface area (Å²) >= 11 is 0. The molecule has 0 saturated carbocycles. The Hall–Kier alpha value is -1.69. The molecule has 0 bridgehead atoms. The fraction of sp³-hybridized carbons (Fsp3) is 0.385. The maximum absolute atomic E-state index is 11.8. The number of nitrogens with one attached hydrogen (secondary N) is 1. The highest BCUT2D eigenvalue weighted by Gasteiger charge is 2.15. The zero-order valence-corrected chi connectivity index (χ0v) is 12.0. The predicted molar refractivity (Wildman–Crippen MR) is 71.8 cm³/mol. The van der Waals surface area contributed by atoms with Crippen molar-refractivity contribution in [2.45, 2.75) is 31.2 Å². The van der Waals surface area contributed by atoms with Crippen molar-refractivity contribution >= 4 is 21.5 Å². The lowest BCUT2D eigenvalue weighted by atomic mass is 10.1. The van der Waals surface area contributed by atoms with E-state index in [1.807, 2.05) is 0 Å². The molecule has 6 heteroatoms. The van der Waals surface area contributed by atoms with E-state index >= 15 is 0 Å². The SMILES string of the molecule is CCC(=O)C(C)NC(=O)c1ccc(S(C)(=O)=O)cc1. The molecule has 1 aromatic rings. The molecule has 0 aliphatic rings. The van der Waals surface area contributed by atoms with Gasteiger partial charge in [0, 0.05) is 18.2 Å². The quantitative estimate of drug-likeness (QED) is 0.880. The van der Waals surface area contributed by atoms with Crippen LogP contribution in [0.4, 0.5) is 0 Å². The van der Waals surface area contributed by atoms with E-state index in [0.29, 0.717) is 12.0 Å². The van der Waals surface area contributed by atoms with E-state index < -0.39 is 21.8 Å². The second kappa shape index (κ2) is 5.97. The molecule has 0 spiro atoms. The van der Waals surface area contributed by atoms with Crippen LogP contribution >= 0.6 is 0 Å². The Labute approximate surface area is 112 Å². The molecule has 1 N–H and O–H groups in total. The molecule has 0 fully saturated rings. The summed E-state index contributed by atoms with van der Waals surface area (Å²) in [6.45, 7) is 3.35. The van der Waals surface area contributed by atoms with Gasteiger partial charge in [0.25, 0.3) is 5.91 Å². The summed E-state index contributed by atoms with van der Waals surface area (Å²) in [5, 5.41) is 2.57. The molecule has 0 radical (unpaired) electrons. The first-order valence-electron chi connectivity index (χ1n) is 5.89. The first-order valence-corrected chi connectivity index (χ1v) is 7.78. The first-order chi connectivity index (χ1) is 8.75. The second-order valence-electron chi connectivity index (χ2n) is 4.31. The van der Waals surface area contributed by atoms with Crippen molar-refractivity contribution in [3.05, 3.63) is 29.8 Å². The van der Waals surface area contributed by atoms with Crippen LogP contribution in [0.2, 0.25) is 0 Å². The molecule has 19 heavy (non-hydrogen) atoms. The van der Waals surface area contributed by atoms with Crippen molar-refractivity contribution in [1.29, 1.82) is 0 Å². The fourth-order valence-electron chi connectivity index (χ4n) is 1.52. The smallest absolute Gasteiger partial charge is 0.251 e. The van der Waals surface area contributed by atoms with E-state index in [2.05, 4.69) is 5.32 Å². The number of sulfone groups is 1. The van der Waals surface area contributed by atoms with E-state index in [4.69, 9.17) is 0 Å². The molecule has 0 saturated heterocycles. The number of hydrogen-bond acceptors (Lipinski definition) is 4. The largest absolute Gasteiger partial charge is 0.343 e. The number of Topliss-reactive ketones (excluding diaryl/α,β-unsaturated/α-hetero) is 1. The normalized spacial score (nSPS) is 12.8. The fourth-order valence-corrected chi connectivity index (χ4v) is 2.15. The number of amides is 1. The molecule has 1 atom stereocenters. The van der Waals surface area contributed by atoms with Crippen molar-refractivity contribution in [1.82, 2.24) is 5.32 Å². The lowest BCUT2D eigenvalue weighted by Gasteiger charge is -2.11. The third kappa shape index (κ3) is 4.17. The maximum Gasteiger partial charge on any atom is 0.251 e. The molecule has 1 aromatic carbocycles. The summed E-state index contributed by atoms with van der Waals surface area (Å²) in [4.78, 5) is 23.3. The van der Waals surface area contributed by atoms with E-state index in [1.165, 1.54) is 24.3 Å². The van der Waals surface area contributed by atoms with Crippen molar-refractivity contribution in [3.8, 4) is 0 Å². The van der Waals surface area contributed by atoms with Crippen LogP contribution in [-0.4, -0.2) is 32.4 Å². The summed E-state index contributed by atoms with van der Waals surface area (Å²) in [6, 6.07) is 5.05. The van der Waals surface area contributed by atoms with Crippen LogP contribution in [0.25, 0.3) is 0 Å². The third-order valence-electron chi connectivity index (χ3n) is 2.72. The van der Waals surface area contributed by atoms with Crippen LogP contribution in [0, 0.1) is 0 Å². The lowest BCUT2D eigenvalue weighted by molar-refractivity contribution is -0.120. The van der Waals surface area contributed by atoms with E-state index in [1.54, 1.807) is 13.8 Å². The Balaban J connectivity index is 2.82. The van der Waals surface area contributed by atoms with Gasteiger partial charge in [0.1, 0.15) is 0 Å². The number of benzene rings is 1. The molecule has 0 aromatic heterocycles. The lowest BCUT2D eigenvalue weighted by Crippen LogP contribution is -2.38. The highest BCUT2D eigenvalue weighted by atomic mass is 32.2. The van der Waals surface area contributed by atoms with Crippen molar-refractivity contribution in [3.63, 3.8) is 0 Å². The highest BCUT2D eigenvalue weighted by molar-refractivity contribution is 7.90. The van der Waals surface area contributed by atoms with Gasteiger partial charge in [-0.25, -0.2) is 8.42 Å². The topological polar surface area (TPSA) is 80.3 Å². The summed E-state index contributed by atoms with van der Waals surface area (Å²) in [6.07, 6.45) is 1.46. The number of hydrogen-bond donors (Lipinski definition) is 1. The van der Waals surface area contributed by atoms with Crippen LogP contribution in [0.1, 0.15) is 30.6 Å². The monoisotopic (exact) mass is 283 g/mol. The van der Waals surface area contributed by atoms with Gasteiger partial charge < -0.3 is 5.32 Å². The molecule has 5 nitrogen and oxygen atoms in total. The first kappa shape index (κ1) is 15.4. The molecule has 104 valence electrons. The number of carbonyl (C=O) groups excluding carboxylic acids is 2. The highest BCUT2D eigenvalue weighted by Crippen LogP contribution is 2.10. The minimum atomic E-state index is -3.27. The molecule has 1 unspecified atom stereocenters. The van der Waals surface area contributed by atoms with Gasteiger partial charge in [-0.2, -0.15) is 0 Å². The van der Waals surface area contributed by atoms with Crippen LogP contribution in [0.15, 0.2) is 29.2 Å². The third-order valence-corrected chi connectivity index (χ3v) is 3.85. The van der Waals surface area contributed by atoms with Crippen molar-refractivity contribution in [2.75, 3.05) is 6.26 Å². The Bertz CT molecular complexity index is 575. The van der Waals surface area contributed by atoms with E-state index in [0.717, 1.165) is 6.26 Å². The minimum Gasteiger partial charge on any atom is -0.343 e. The molecule has 0 aliphatic carbocycles. The number of rotatable bonds is 5. The zero-order valence-electron chi connectivity index (χ0n) is 11.1. The van der Waals surface area contributed by atoms with Gasteiger partial charge in [0.15, 0.2) is 15.6 Å². The van der Waals surface area contributed by atoms with Gasteiger partial charge in [0.2, 0.25) is 0 Å². The van der Waals surface area contributed by atoms with Gasteiger partial charge in [-0.05, 0) is 31.2 Å². The second-order valence-corrected chi connectivity index (χ2v) is 6.33. The summed E-state index contributed by atoms with van der Waals surface area (Å²) < 4.78 is 22.5. The maximum atomic E-state index is 11.8. The molecule has 0 heterocycles. The average Bonchev–Trinajstić information content (AvgIpc) is 2.36. The number of carbonyl (C=O) groups is 2. The molecular weight excluding hydrogens is 266 g/mol. The molecular formula is C13H17NO4S. The summed E-state index contributed by atoms with van der Waals surface area (Å²) in [7, 11) is -3.27. The van der Waals surface area contributed by atoms with Crippen LogP contribution in [0.5, 0.6) is 0 Å². The van der Waals surface area contributed by atoms with Crippen LogP contribution in [0.3, 0.4) is 0 Å². The van der Waals surface area contributed by atoms with Gasteiger partial charge in [-0.3, -0.25) is 9.59 Å². The van der Waals surface area contributed by atoms with Crippen LogP contribution in [-0.2, 0) is 14.6 Å². The Morgan fingerprint density at radius 2 is 1.74 bits per heavy atom. The summed E-state index contributed by atoms with van der Waals surface area (Å²) in [5.74, 6) is -0.449. The van der Waals surface area contributed by atoms with E-state index in [-0.39, 0.29) is 10.7 Å². The molecule has 1 amide bonds. The van der Waals surface area contributed by atoms with Gasteiger partial charge in [0.05, 0.1) is 10.9 Å². The Kier molecular flexibility index (Phi) is 4.83. The number of ketones is 1. The van der Waals surface area contributed by atoms with Crippen LogP contribution < -0.4 is 5.32 Å². The van der Waals surface area contributed by atoms with Gasteiger partial charge >= 0.3 is 0 Å². The van der Waals surface area contributed by atoms with E-state index in [9.17, 15) is 18.0 Å². The minimum absolute atomic E-state index is 0.0545. The Morgan fingerprint density at radius 1 is 1.21 bits per heavy atom. The molecule has 1 rings (SSSR count). The van der Waals surface area contributed by atoms with Gasteiger partial charge in [-0.15, -0.1) is 0 Å². The zero-order chi connectivity index (χ0) is 14.6. The standard InChI is InChI=1S/C13H17NO4S/c1-4-12(15)9(2)14-13(16)10-5-7-11(8-6-10)19(3,17)18/h5-9H,4H2,1-3H3,(H,14,16). The molecule has 0 aliphatic heterocycles. The van der Waals surface area contributed by atoms with Crippen molar-refractivity contribution < 1.29 is 18.0 Å².